The Kier molecular flexibility index (Phi) is 4.03. The average molecular weight is 246 g/mol. The molecule has 0 saturated heterocycles. The Balaban J connectivity index is 1.82. The summed E-state index contributed by atoms with van der Waals surface area (Å²) in [4.78, 5) is 1.27. The first-order valence-corrected chi connectivity index (χ1v) is 6.57. The van der Waals surface area contributed by atoms with E-state index in [9.17, 15) is 5.11 Å². The van der Waals surface area contributed by atoms with Crippen LogP contribution in [0.1, 0.15) is 24.1 Å². The molecule has 15 heavy (non-hydrogen) atoms. The Labute approximate surface area is 99.3 Å². The molecule has 0 amide bonds. The van der Waals surface area contributed by atoms with E-state index in [4.69, 9.17) is 11.6 Å². The molecule has 1 heterocycles. The van der Waals surface area contributed by atoms with Gasteiger partial charge in [-0.15, -0.1) is 11.3 Å². The van der Waals surface area contributed by atoms with Crippen molar-refractivity contribution in [1.29, 1.82) is 0 Å². The quantitative estimate of drug-likeness (QED) is 0.855. The lowest BCUT2D eigenvalue weighted by Gasteiger charge is -2.18. The van der Waals surface area contributed by atoms with Gasteiger partial charge in [0.15, 0.2) is 0 Å². The van der Waals surface area contributed by atoms with Crippen molar-refractivity contribution in [1.82, 2.24) is 5.32 Å². The molecular formula is C11H16ClNOS. The standard InChI is InChI=1S/C11H16ClNOS/c12-11-5-4-9(15-11)6-13-10-3-1-2-8(10)7-14/h4-5,8,10,13-14H,1-3,6-7H2. The zero-order valence-electron chi connectivity index (χ0n) is 8.58. The minimum atomic E-state index is 0.308. The van der Waals surface area contributed by atoms with Crippen LogP contribution >= 0.6 is 22.9 Å². The van der Waals surface area contributed by atoms with Gasteiger partial charge in [-0.05, 0) is 30.9 Å². The van der Waals surface area contributed by atoms with Gasteiger partial charge in [-0.2, -0.15) is 0 Å². The van der Waals surface area contributed by atoms with Crippen LogP contribution < -0.4 is 5.32 Å². The SMILES string of the molecule is OCC1CCCC1NCc1ccc(Cl)s1. The van der Waals surface area contributed by atoms with Crippen molar-refractivity contribution >= 4 is 22.9 Å². The molecule has 0 radical (unpaired) electrons. The van der Waals surface area contributed by atoms with Crippen molar-refractivity contribution in [3.8, 4) is 0 Å². The zero-order valence-corrected chi connectivity index (χ0v) is 10.2. The fourth-order valence-electron chi connectivity index (χ4n) is 2.20. The third-order valence-electron chi connectivity index (χ3n) is 3.06. The first-order chi connectivity index (χ1) is 7.29. The third kappa shape index (κ3) is 2.94. The molecule has 1 aliphatic carbocycles. The summed E-state index contributed by atoms with van der Waals surface area (Å²) in [7, 11) is 0. The summed E-state index contributed by atoms with van der Waals surface area (Å²) in [5.74, 6) is 0.445. The van der Waals surface area contributed by atoms with Crippen LogP contribution in [0.4, 0.5) is 0 Å². The average Bonchev–Trinajstić information content (AvgIpc) is 2.83. The smallest absolute Gasteiger partial charge is 0.0931 e. The van der Waals surface area contributed by atoms with Gasteiger partial charge in [-0.3, -0.25) is 0 Å². The first-order valence-electron chi connectivity index (χ1n) is 5.38. The molecule has 1 fully saturated rings. The summed E-state index contributed by atoms with van der Waals surface area (Å²) in [6.07, 6.45) is 3.57. The second kappa shape index (κ2) is 5.30. The maximum atomic E-state index is 9.18. The number of nitrogens with one attached hydrogen (secondary N) is 1. The molecule has 2 atom stereocenters. The summed E-state index contributed by atoms with van der Waals surface area (Å²) in [5.41, 5.74) is 0. The van der Waals surface area contributed by atoms with Crippen LogP contribution in [0.25, 0.3) is 0 Å². The van der Waals surface area contributed by atoms with E-state index < -0.39 is 0 Å². The minimum absolute atomic E-state index is 0.308. The van der Waals surface area contributed by atoms with Crippen molar-refractivity contribution in [2.45, 2.75) is 31.8 Å². The van der Waals surface area contributed by atoms with Gasteiger partial charge in [0, 0.05) is 24.1 Å². The van der Waals surface area contributed by atoms with Crippen LogP contribution in [0, 0.1) is 5.92 Å². The topological polar surface area (TPSA) is 32.3 Å². The second-order valence-corrected chi connectivity index (χ2v) is 5.87. The lowest BCUT2D eigenvalue weighted by molar-refractivity contribution is 0.205. The van der Waals surface area contributed by atoms with E-state index in [0.29, 0.717) is 18.6 Å². The van der Waals surface area contributed by atoms with Crippen molar-refractivity contribution in [3.63, 3.8) is 0 Å². The highest BCUT2D eigenvalue weighted by molar-refractivity contribution is 7.16. The molecule has 0 aromatic carbocycles. The van der Waals surface area contributed by atoms with Gasteiger partial charge in [0.05, 0.1) is 4.34 Å². The molecule has 2 N–H and O–H groups in total. The van der Waals surface area contributed by atoms with Crippen LogP contribution in [-0.4, -0.2) is 17.8 Å². The highest BCUT2D eigenvalue weighted by Crippen LogP contribution is 2.26. The maximum absolute atomic E-state index is 9.18. The molecule has 4 heteroatoms. The first kappa shape index (κ1) is 11.4. The summed E-state index contributed by atoms with van der Waals surface area (Å²) in [5, 5.41) is 12.7. The predicted octanol–water partition coefficient (Wildman–Crippen LogP) is 2.65. The van der Waals surface area contributed by atoms with Crippen LogP contribution in [0.5, 0.6) is 0 Å². The molecule has 1 aliphatic rings. The Bertz CT molecular complexity index is 315. The largest absolute Gasteiger partial charge is 0.396 e. The fourth-order valence-corrected chi connectivity index (χ4v) is 3.24. The van der Waals surface area contributed by atoms with Gasteiger partial charge in [0.1, 0.15) is 0 Å². The summed E-state index contributed by atoms with van der Waals surface area (Å²) in [6.45, 7) is 1.18. The summed E-state index contributed by atoms with van der Waals surface area (Å²) in [6, 6.07) is 4.47. The van der Waals surface area contributed by atoms with E-state index in [1.54, 1.807) is 11.3 Å². The Morgan fingerprint density at radius 1 is 1.47 bits per heavy atom. The number of aliphatic hydroxyl groups excluding tert-OH is 1. The van der Waals surface area contributed by atoms with Crippen molar-refractivity contribution in [3.05, 3.63) is 21.3 Å². The molecule has 2 rings (SSSR count). The molecule has 2 nitrogen and oxygen atoms in total. The van der Waals surface area contributed by atoms with E-state index in [2.05, 4.69) is 11.4 Å². The van der Waals surface area contributed by atoms with E-state index in [1.165, 1.54) is 17.7 Å². The van der Waals surface area contributed by atoms with Crippen LogP contribution in [0.2, 0.25) is 4.34 Å². The highest BCUT2D eigenvalue weighted by atomic mass is 35.5. The Morgan fingerprint density at radius 2 is 2.33 bits per heavy atom. The lowest BCUT2D eigenvalue weighted by atomic mass is 10.1. The summed E-state index contributed by atoms with van der Waals surface area (Å²) < 4.78 is 0.844. The number of aliphatic hydroxyl groups is 1. The number of hydrogen-bond donors (Lipinski definition) is 2. The van der Waals surface area contributed by atoms with Gasteiger partial charge in [-0.25, -0.2) is 0 Å². The number of rotatable bonds is 4. The number of thiophene rings is 1. The van der Waals surface area contributed by atoms with Crippen LogP contribution in [-0.2, 0) is 6.54 Å². The van der Waals surface area contributed by atoms with Crippen molar-refractivity contribution in [2.24, 2.45) is 5.92 Å². The molecular weight excluding hydrogens is 230 g/mol. The van der Waals surface area contributed by atoms with Crippen LogP contribution in [0.15, 0.2) is 12.1 Å². The van der Waals surface area contributed by atoms with E-state index in [1.807, 2.05) is 6.07 Å². The van der Waals surface area contributed by atoms with Crippen LogP contribution in [0.3, 0.4) is 0 Å². The fraction of sp³-hybridized carbons (Fsp3) is 0.636. The lowest BCUT2D eigenvalue weighted by Crippen LogP contribution is -2.33. The van der Waals surface area contributed by atoms with Gasteiger partial charge >= 0.3 is 0 Å². The van der Waals surface area contributed by atoms with Crippen molar-refractivity contribution in [2.75, 3.05) is 6.61 Å². The van der Waals surface area contributed by atoms with Gasteiger partial charge in [-0.1, -0.05) is 18.0 Å². The highest BCUT2D eigenvalue weighted by Gasteiger charge is 2.25. The van der Waals surface area contributed by atoms with Gasteiger partial charge < -0.3 is 10.4 Å². The molecule has 0 aliphatic heterocycles. The van der Waals surface area contributed by atoms with E-state index in [0.717, 1.165) is 17.3 Å². The van der Waals surface area contributed by atoms with Crippen molar-refractivity contribution < 1.29 is 5.11 Å². The van der Waals surface area contributed by atoms with E-state index >= 15 is 0 Å². The molecule has 1 saturated carbocycles. The number of hydrogen-bond acceptors (Lipinski definition) is 3. The van der Waals surface area contributed by atoms with Gasteiger partial charge in [0.2, 0.25) is 0 Å². The summed E-state index contributed by atoms with van der Waals surface area (Å²) >= 11 is 7.48. The molecule has 1 aromatic rings. The molecule has 84 valence electrons. The predicted molar refractivity (Wildman–Crippen MR) is 64.4 cm³/mol. The Hall–Kier alpha value is -0.0900. The number of halogens is 1. The maximum Gasteiger partial charge on any atom is 0.0931 e. The minimum Gasteiger partial charge on any atom is -0.396 e. The normalized spacial score (nSPS) is 26.0. The molecule has 0 bridgehead atoms. The second-order valence-electron chi connectivity index (χ2n) is 4.07. The van der Waals surface area contributed by atoms with Gasteiger partial charge in [0.25, 0.3) is 0 Å². The monoisotopic (exact) mass is 245 g/mol. The zero-order chi connectivity index (χ0) is 10.7. The Morgan fingerprint density at radius 3 is 3.00 bits per heavy atom. The molecule has 1 aromatic heterocycles. The molecule has 0 spiro atoms. The van der Waals surface area contributed by atoms with E-state index in [-0.39, 0.29) is 0 Å². The third-order valence-corrected chi connectivity index (χ3v) is 4.29. The molecule has 2 unspecified atom stereocenters.